The zero-order valence-electron chi connectivity index (χ0n) is 15.1. The third kappa shape index (κ3) is 2.84. The minimum absolute atomic E-state index is 0.192. The summed E-state index contributed by atoms with van der Waals surface area (Å²) in [6.45, 7) is 3.18. The van der Waals surface area contributed by atoms with Gasteiger partial charge in [-0.3, -0.25) is 4.79 Å². The average molecular weight is 350 g/mol. The number of anilines is 1. The second-order valence-corrected chi connectivity index (χ2v) is 8.13. The summed E-state index contributed by atoms with van der Waals surface area (Å²) in [6.07, 6.45) is 9.04. The van der Waals surface area contributed by atoms with Crippen LogP contribution in [0.2, 0.25) is 0 Å². The van der Waals surface area contributed by atoms with Gasteiger partial charge in [0.1, 0.15) is 5.82 Å². The summed E-state index contributed by atoms with van der Waals surface area (Å²) >= 11 is 0. The van der Waals surface area contributed by atoms with Crippen LogP contribution in [0, 0.1) is 11.3 Å². The lowest BCUT2D eigenvalue weighted by Gasteiger charge is -2.23. The lowest BCUT2D eigenvalue weighted by Crippen LogP contribution is -2.31. The smallest absolute Gasteiger partial charge is 0.228 e. The van der Waals surface area contributed by atoms with Crippen molar-refractivity contribution < 1.29 is 4.79 Å². The maximum absolute atomic E-state index is 12.6. The van der Waals surface area contributed by atoms with Gasteiger partial charge in [-0.1, -0.05) is 12.1 Å². The van der Waals surface area contributed by atoms with Gasteiger partial charge in [0.2, 0.25) is 5.91 Å². The molecule has 1 saturated carbocycles. The molecule has 1 unspecified atom stereocenters. The number of benzene rings is 1. The molecule has 1 aliphatic carbocycles. The minimum atomic E-state index is 0.192. The van der Waals surface area contributed by atoms with Gasteiger partial charge in [0.05, 0.1) is 5.69 Å². The Kier molecular flexibility index (Phi) is 3.85. The van der Waals surface area contributed by atoms with E-state index < -0.39 is 0 Å². The van der Waals surface area contributed by atoms with Crippen LogP contribution in [-0.4, -0.2) is 28.5 Å². The minimum Gasteiger partial charge on any atom is -0.334 e. The number of rotatable bonds is 3. The van der Waals surface area contributed by atoms with Crippen LogP contribution in [0.25, 0.3) is 11.3 Å². The standard InChI is InChI=1S/C21H26N4O/c26-20(17-13-21(17)8-10-22-11-9-21)23-16-6-4-15(5-7-16)18-14-25-12-2-1-3-19(25)24-18/h4-7,14,17,22H,1-3,8-13H2,(H,23,26). The number of carbonyl (C=O) groups excluding carboxylic acids is 1. The van der Waals surface area contributed by atoms with Crippen molar-refractivity contribution in [1.29, 1.82) is 0 Å². The van der Waals surface area contributed by atoms with E-state index in [4.69, 9.17) is 4.98 Å². The van der Waals surface area contributed by atoms with Gasteiger partial charge in [-0.15, -0.1) is 0 Å². The molecule has 3 heterocycles. The quantitative estimate of drug-likeness (QED) is 0.894. The van der Waals surface area contributed by atoms with E-state index >= 15 is 0 Å². The highest BCUT2D eigenvalue weighted by Gasteiger charge is 2.57. The highest BCUT2D eigenvalue weighted by atomic mass is 16.2. The summed E-state index contributed by atoms with van der Waals surface area (Å²) in [7, 11) is 0. The third-order valence-corrected chi connectivity index (χ3v) is 6.46. The molecule has 2 fully saturated rings. The molecule has 2 aromatic rings. The maximum atomic E-state index is 12.6. The fourth-order valence-corrected chi connectivity index (χ4v) is 4.70. The molecule has 3 aliphatic rings. The van der Waals surface area contributed by atoms with Crippen LogP contribution < -0.4 is 10.6 Å². The van der Waals surface area contributed by atoms with Crippen molar-refractivity contribution in [1.82, 2.24) is 14.9 Å². The number of nitrogens with one attached hydrogen (secondary N) is 2. The number of aromatic nitrogens is 2. The Balaban J connectivity index is 1.25. The Bertz CT molecular complexity index is 794. The van der Waals surface area contributed by atoms with E-state index in [1.165, 1.54) is 18.7 Å². The molecule has 136 valence electrons. The van der Waals surface area contributed by atoms with Crippen molar-refractivity contribution in [2.75, 3.05) is 18.4 Å². The van der Waals surface area contributed by atoms with Crippen molar-refractivity contribution in [3.05, 3.63) is 36.3 Å². The highest BCUT2D eigenvalue weighted by molar-refractivity contribution is 5.95. The Morgan fingerprint density at radius 1 is 1.19 bits per heavy atom. The number of piperidine rings is 1. The van der Waals surface area contributed by atoms with Crippen LogP contribution in [0.15, 0.2) is 30.5 Å². The Hall–Kier alpha value is -2.14. The lowest BCUT2D eigenvalue weighted by atomic mass is 9.92. The SMILES string of the molecule is O=C(Nc1ccc(-c2cn3c(n2)CCCC3)cc1)C1CC12CCNCC2. The van der Waals surface area contributed by atoms with E-state index in [-0.39, 0.29) is 17.2 Å². The fraction of sp³-hybridized carbons (Fsp3) is 0.524. The average Bonchev–Trinajstić information content (AvgIpc) is 3.18. The van der Waals surface area contributed by atoms with E-state index in [0.717, 1.165) is 62.3 Å². The monoisotopic (exact) mass is 350 g/mol. The normalized spacial score (nSPS) is 23.5. The second kappa shape index (κ2) is 6.23. The Morgan fingerprint density at radius 2 is 2.00 bits per heavy atom. The molecule has 1 saturated heterocycles. The summed E-state index contributed by atoms with van der Waals surface area (Å²) in [5.74, 6) is 1.59. The number of fused-ring (bicyclic) bond motifs is 1. The van der Waals surface area contributed by atoms with Crippen molar-refractivity contribution in [2.45, 2.75) is 45.1 Å². The van der Waals surface area contributed by atoms with Gasteiger partial charge in [-0.05, 0) is 62.7 Å². The van der Waals surface area contributed by atoms with Crippen LogP contribution in [0.1, 0.15) is 37.9 Å². The first-order chi connectivity index (χ1) is 12.7. The van der Waals surface area contributed by atoms with Crippen LogP contribution in [0.3, 0.4) is 0 Å². The first kappa shape index (κ1) is 16.1. The van der Waals surface area contributed by atoms with Gasteiger partial charge in [0, 0.05) is 36.3 Å². The van der Waals surface area contributed by atoms with Gasteiger partial charge < -0.3 is 15.2 Å². The molecule has 0 radical (unpaired) electrons. The molecule has 1 spiro atoms. The molecule has 1 aromatic carbocycles. The number of hydrogen-bond donors (Lipinski definition) is 2. The van der Waals surface area contributed by atoms with Gasteiger partial charge in [-0.2, -0.15) is 0 Å². The van der Waals surface area contributed by atoms with Gasteiger partial charge >= 0.3 is 0 Å². The molecule has 2 N–H and O–H groups in total. The zero-order valence-corrected chi connectivity index (χ0v) is 15.1. The van der Waals surface area contributed by atoms with E-state index in [2.05, 4.69) is 33.5 Å². The molecular formula is C21H26N4O. The summed E-state index contributed by atoms with van der Waals surface area (Å²) in [4.78, 5) is 17.4. The molecule has 1 amide bonds. The molecule has 26 heavy (non-hydrogen) atoms. The fourth-order valence-electron chi connectivity index (χ4n) is 4.70. The summed E-state index contributed by atoms with van der Waals surface area (Å²) in [5.41, 5.74) is 3.32. The van der Waals surface area contributed by atoms with E-state index in [0.29, 0.717) is 0 Å². The maximum Gasteiger partial charge on any atom is 0.228 e. The zero-order chi connectivity index (χ0) is 17.6. The Labute approximate surface area is 154 Å². The van der Waals surface area contributed by atoms with Gasteiger partial charge in [0.15, 0.2) is 0 Å². The predicted molar refractivity (Wildman–Crippen MR) is 102 cm³/mol. The highest BCUT2D eigenvalue weighted by Crippen LogP contribution is 2.58. The van der Waals surface area contributed by atoms with Crippen LogP contribution in [-0.2, 0) is 17.8 Å². The van der Waals surface area contributed by atoms with Crippen molar-refractivity contribution in [3.8, 4) is 11.3 Å². The number of aryl methyl sites for hydroxylation is 2. The molecular weight excluding hydrogens is 324 g/mol. The number of amides is 1. The van der Waals surface area contributed by atoms with Gasteiger partial charge in [-0.25, -0.2) is 4.98 Å². The molecule has 5 heteroatoms. The summed E-state index contributed by atoms with van der Waals surface area (Å²) < 4.78 is 2.28. The summed E-state index contributed by atoms with van der Waals surface area (Å²) in [6, 6.07) is 8.14. The van der Waals surface area contributed by atoms with Crippen molar-refractivity contribution in [3.63, 3.8) is 0 Å². The third-order valence-electron chi connectivity index (χ3n) is 6.46. The van der Waals surface area contributed by atoms with Gasteiger partial charge in [0.25, 0.3) is 0 Å². The second-order valence-electron chi connectivity index (χ2n) is 8.13. The lowest BCUT2D eigenvalue weighted by molar-refractivity contribution is -0.118. The number of imidazole rings is 1. The number of hydrogen-bond acceptors (Lipinski definition) is 3. The van der Waals surface area contributed by atoms with Crippen LogP contribution >= 0.6 is 0 Å². The molecule has 2 aliphatic heterocycles. The number of carbonyl (C=O) groups is 1. The molecule has 5 nitrogen and oxygen atoms in total. The molecule has 5 rings (SSSR count). The van der Waals surface area contributed by atoms with E-state index in [1.54, 1.807) is 0 Å². The summed E-state index contributed by atoms with van der Waals surface area (Å²) in [5, 5.41) is 6.51. The van der Waals surface area contributed by atoms with Crippen molar-refractivity contribution >= 4 is 11.6 Å². The molecule has 0 bridgehead atoms. The van der Waals surface area contributed by atoms with Crippen LogP contribution in [0.4, 0.5) is 5.69 Å². The van der Waals surface area contributed by atoms with E-state index in [9.17, 15) is 4.79 Å². The molecule has 1 aromatic heterocycles. The topological polar surface area (TPSA) is 59.0 Å². The van der Waals surface area contributed by atoms with E-state index in [1.807, 2.05) is 12.1 Å². The van der Waals surface area contributed by atoms with Crippen LogP contribution in [0.5, 0.6) is 0 Å². The largest absolute Gasteiger partial charge is 0.334 e. The number of nitrogens with zero attached hydrogens (tertiary/aromatic N) is 2. The predicted octanol–water partition coefficient (Wildman–Crippen LogP) is 3.21. The Morgan fingerprint density at radius 3 is 2.77 bits per heavy atom. The molecule has 1 atom stereocenters. The van der Waals surface area contributed by atoms with Crippen molar-refractivity contribution in [2.24, 2.45) is 11.3 Å². The first-order valence-electron chi connectivity index (χ1n) is 9.92. The first-order valence-corrected chi connectivity index (χ1v) is 9.92.